The summed E-state index contributed by atoms with van der Waals surface area (Å²) in [5.74, 6) is 0.227. The maximum atomic E-state index is 13.8. The van der Waals surface area contributed by atoms with Gasteiger partial charge in [-0.3, -0.25) is 4.79 Å². The Morgan fingerprint density at radius 2 is 2.03 bits per heavy atom. The van der Waals surface area contributed by atoms with Crippen LogP contribution in [-0.2, 0) is 9.53 Å². The summed E-state index contributed by atoms with van der Waals surface area (Å²) in [6.07, 6.45) is 9.55. The van der Waals surface area contributed by atoms with Crippen LogP contribution in [0.25, 0.3) is 33.3 Å². The number of hydrogen-bond donors (Lipinski definition) is 1. The number of aromatic amines is 1. The van der Waals surface area contributed by atoms with E-state index in [1.54, 1.807) is 0 Å². The molecule has 3 saturated carbocycles. The predicted molar refractivity (Wildman–Crippen MR) is 119 cm³/mol. The molecule has 3 fully saturated rings. The highest BCUT2D eigenvalue weighted by Crippen LogP contribution is 2.52. The normalized spacial score (nSPS) is 24.9. The molecule has 4 aromatic rings. The number of nitrogens with zero attached hydrogens (tertiary/aromatic N) is 3. The fourth-order valence-corrected chi connectivity index (χ4v) is 6.00. The van der Waals surface area contributed by atoms with E-state index in [4.69, 9.17) is 9.72 Å². The molecular weight excluding hydrogens is 407 g/mol. The van der Waals surface area contributed by atoms with Crippen LogP contribution < -0.4 is 0 Å². The van der Waals surface area contributed by atoms with Gasteiger partial charge in [0.15, 0.2) is 0 Å². The Hall–Kier alpha value is -3.22. The van der Waals surface area contributed by atoms with E-state index in [0.29, 0.717) is 29.5 Å². The summed E-state index contributed by atoms with van der Waals surface area (Å²) >= 11 is 0. The van der Waals surface area contributed by atoms with Gasteiger partial charge in [-0.25, -0.2) is 14.4 Å². The first kappa shape index (κ1) is 19.5. The average molecular weight is 432 g/mol. The number of esters is 1. The molecule has 2 atom stereocenters. The molecular formula is C25H25FN4O2. The first-order valence-corrected chi connectivity index (χ1v) is 11.4. The first-order valence-electron chi connectivity index (χ1n) is 11.4. The van der Waals surface area contributed by atoms with Gasteiger partial charge in [-0.05, 0) is 68.7 Å². The highest BCUT2D eigenvalue weighted by molar-refractivity contribution is 5.93. The van der Waals surface area contributed by atoms with Crippen LogP contribution in [0.3, 0.4) is 0 Å². The topological polar surface area (TPSA) is 72.8 Å². The zero-order valence-corrected chi connectivity index (χ0v) is 17.9. The fraction of sp³-hybridized carbons (Fsp3) is 0.400. The van der Waals surface area contributed by atoms with E-state index in [1.165, 1.54) is 12.3 Å². The SMILES string of the molecule is CCOC(=O)[C@@H]1C2CCC(CC2)[C@H]1n1ccc2ccc(-c3c[nH]c4ncc(F)cc34)nc21. The molecule has 4 aromatic heterocycles. The zero-order valence-electron chi connectivity index (χ0n) is 17.9. The Balaban J connectivity index is 1.47. The number of pyridine rings is 2. The van der Waals surface area contributed by atoms with Crippen molar-refractivity contribution < 1.29 is 13.9 Å². The number of ether oxygens (including phenoxy) is 1. The highest BCUT2D eigenvalue weighted by atomic mass is 19.1. The number of aromatic nitrogens is 4. The summed E-state index contributed by atoms with van der Waals surface area (Å²) in [6, 6.07) is 7.60. The first-order chi connectivity index (χ1) is 15.6. The van der Waals surface area contributed by atoms with Crippen LogP contribution in [-0.4, -0.2) is 32.1 Å². The van der Waals surface area contributed by atoms with E-state index >= 15 is 0 Å². The van der Waals surface area contributed by atoms with E-state index in [0.717, 1.165) is 48.0 Å². The average Bonchev–Trinajstić information content (AvgIpc) is 3.42. The molecule has 0 radical (unpaired) electrons. The number of H-pyrrole nitrogens is 1. The molecule has 7 rings (SSSR count). The van der Waals surface area contributed by atoms with Crippen molar-refractivity contribution in [2.24, 2.45) is 17.8 Å². The van der Waals surface area contributed by atoms with Crippen LogP contribution in [0, 0.1) is 23.6 Å². The van der Waals surface area contributed by atoms with Gasteiger partial charge < -0.3 is 14.3 Å². The van der Waals surface area contributed by atoms with Crippen LogP contribution in [0.4, 0.5) is 4.39 Å². The lowest BCUT2D eigenvalue weighted by Gasteiger charge is -2.47. The third-order valence-corrected chi connectivity index (χ3v) is 7.39. The van der Waals surface area contributed by atoms with Crippen LogP contribution in [0.1, 0.15) is 38.6 Å². The van der Waals surface area contributed by atoms with Crippen molar-refractivity contribution in [2.45, 2.75) is 38.6 Å². The lowest BCUT2D eigenvalue weighted by molar-refractivity contribution is -0.157. The van der Waals surface area contributed by atoms with E-state index < -0.39 is 0 Å². The minimum atomic E-state index is -0.377. The van der Waals surface area contributed by atoms with Gasteiger partial charge in [0.1, 0.15) is 17.1 Å². The fourth-order valence-electron chi connectivity index (χ4n) is 6.00. The molecule has 0 amide bonds. The third-order valence-electron chi connectivity index (χ3n) is 7.39. The van der Waals surface area contributed by atoms with Crippen molar-refractivity contribution in [3.63, 3.8) is 0 Å². The number of hydrogen-bond acceptors (Lipinski definition) is 4. The van der Waals surface area contributed by atoms with Gasteiger partial charge in [0, 0.05) is 28.7 Å². The number of fused-ring (bicyclic) bond motifs is 5. The Morgan fingerprint density at radius 1 is 1.22 bits per heavy atom. The quantitative estimate of drug-likeness (QED) is 0.447. The van der Waals surface area contributed by atoms with E-state index in [9.17, 15) is 9.18 Å². The standard InChI is InChI=1S/C25H25FN4O2/c1-2-32-25(31)21-14-3-5-15(6-4-14)22(21)30-10-9-16-7-8-20(29-24(16)30)19-13-28-23-18(19)11-17(26)12-27-23/h7-15,21-22H,2-6H2,1H3,(H,27,28)/t14?,15?,21-,22-/m1/s1. The molecule has 4 heterocycles. The number of carbonyl (C=O) groups is 1. The maximum absolute atomic E-state index is 13.8. The van der Waals surface area contributed by atoms with Gasteiger partial charge >= 0.3 is 5.97 Å². The monoisotopic (exact) mass is 432 g/mol. The maximum Gasteiger partial charge on any atom is 0.311 e. The molecule has 6 nitrogen and oxygen atoms in total. The Bertz CT molecular complexity index is 1320. The summed E-state index contributed by atoms with van der Waals surface area (Å²) in [5, 5.41) is 1.73. The molecule has 0 saturated heterocycles. The van der Waals surface area contributed by atoms with Crippen molar-refractivity contribution in [1.29, 1.82) is 0 Å². The molecule has 1 N–H and O–H groups in total. The Labute approximate surface area is 184 Å². The van der Waals surface area contributed by atoms with Crippen LogP contribution in [0.5, 0.6) is 0 Å². The van der Waals surface area contributed by atoms with Gasteiger partial charge in [0.2, 0.25) is 0 Å². The second kappa shape index (κ2) is 7.43. The second-order valence-electron chi connectivity index (χ2n) is 9.03. The van der Waals surface area contributed by atoms with Crippen LogP contribution in [0.2, 0.25) is 0 Å². The Kier molecular flexibility index (Phi) is 4.52. The molecule has 3 aliphatic carbocycles. The lowest BCUT2D eigenvalue weighted by Crippen LogP contribution is -2.45. The molecule has 7 heteroatoms. The van der Waals surface area contributed by atoms with E-state index in [1.807, 2.05) is 25.3 Å². The predicted octanol–water partition coefficient (Wildman–Crippen LogP) is 5.26. The third kappa shape index (κ3) is 2.94. The highest BCUT2D eigenvalue weighted by Gasteiger charge is 2.49. The molecule has 3 aliphatic rings. The van der Waals surface area contributed by atoms with Gasteiger partial charge in [-0.15, -0.1) is 0 Å². The summed E-state index contributed by atoms with van der Waals surface area (Å²) in [7, 11) is 0. The van der Waals surface area contributed by atoms with Gasteiger partial charge in [0.05, 0.1) is 30.5 Å². The molecule has 32 heavy (non-hydrogen) atoms. The van der Waals surface area contributed by atoms with E-state index in [2.05, 4.69) is 26.8 Å². The molecule has 0 aromatic carbocycles. The van der Waals surface area contributed by atoms with Crippen LogP contribution >= 0.6 is 0 Å². The van der Waals surface area contributed by atoms with Crippen molar-refractivity contribution in [3.8, 4) is 11.3 Å². The van der Waals surface area contributed by atoms with Crippen LogP contribution in [0.15, 0.2) is 42.9 Å². The number of carbonyl (C=O) groups excluding carboxylic acids is 1. The number of nitrogens with one attached hydrogen (secondary N) is 1. The lowest BCUT2D eigenvalue weighted by atomic mass is 9.61. The minimum absolute atomic E-state index is 0.0591. The zero-order chi connectivity index (χ0) is 21.8. The summed E-state index contributed by atoms with van der Waals surface area (Å²) in [4.78, 5) is 25.2. The summed E-state index contributed by atoms with van der Waals surface area (Å²) < 4.78 is 21.5. The number of rotatable bonds is 4. The number of halogens is 1. The minimum Gasteiger partial charge on any atom is -0.466 e. The van der Waals surface area contributed by atoms with Crippen molar-refractivity contribution in [2.75, 3.05) is 6.61 Å². The summed E-state index contributed by atoms with van der Waals surface area (Å²) in [6.45, 7) is 2.27. The van der Waals surface area contributed by atoms with Crippen molar-refractivity contribution in [1.82, 2.24) is 19.5 Å². The molecule has 0 unspecified atom stereocenters. The molecule has 164 valence electrons. The Morgan fingerprint density at radius 3 is 2.84 bits per heavy atom. The van der Waals surface area contributed by atoms with Gasteiger partial charge in [-0.2, -0.15) is 0 Å². The van der Waals surface area contributed by atoms with Crippen molar-refractivity contribution >= 4 is 28.0 Å². The largest absolute Gasteiger partial charge is 0.466 e. The van der Waals surface area contributed by atoms with Crippen molar-refractivity contribution in [3.05, 3.63) is 48.7 Å². The summed E-state index contributed by atoms with van der Waals surface area (Å²) in [5.41, 5.74) is 3.05. The second-order valence-corrected chi connectivity index (χ2v) is 9.03. The molecule has 0 aliphatic heterocycles. The van der Waals surface area contributed by atoms with Gasteiger partial charge in [0.25, 0.3) is 0 Å². The van der Waals surface area contributed by atoms with E-state index in [-0.39, 0.29) is 23.7 Å². The van der Waals surface area contributed by atoms with Gasteiger partial charge in [-0.1, -0.05) is 0 Å². The smallest absolute Gasteiger partial charge is 0.311 e. The molecule has 0 spiro atoms. The molecule has 2 bridgehead atoms.